The first-order chi connectivity index (χ1) is 17.9. The number of carbonyl (C=O) groups is 2. The minimum Gasteiger partial charge on any atom is -0.449 e. The predicted octanol–water partition coefficient (Wildman–Crippen LogP) is 3.03. The van der Waals surface area contributed by atoms with Gasteiger partial charge in [-0.05, 0) is 43.4 Å². The lowest BCUT2D eigenvalue weighted by atomic mass is 10.0. The Morgan fingerprint density at radius 3 is 3.05 bits per heavy atom. The summed E-state index contributed by atoms with van der Waals surface area (Å²) < 4.78 is 13.1. The molecule has 0 aliphatic carbocycles. The number of nitrogens with zero attached hydrogens (tertiary/aromatic N) is 3. The van der Waals surface area contributed by atoms with E-state index in [0.717, 1.165) is 31.4 Å². The number of aliphatic hydroxyl groups is 1. The fourth-order valence-corrected chi connectivity index (χ4v) is 6.81. The van der Waals surface area contributed by atoms with Crippen LogP contribution in [-0.2, 0) is 9.47 Å². The number of amides is 3. The van der Waals surface area contributed by atoms with Crippen LogP contribution in [0.2, 0.25) is 5.28 Å². The standard InChI is InChI=1S/C24H29ClN6O5S/c1-2-24(13-32)9-7-17(36-24)31-10-8-14-19(28-21(25)30-20(14)31)29-23(34)35-11-5-3-4-6-16-18-15(12-37-16)26-22(33)27-18/h1,8,10,15-18,32H,3-7,9,11-13H2,(H2,26,27,33)(H,28,29,30,34)/t15-,16-,17?,18-,24-/m0/s1. The number of halogens is 1. The molecule has 3 amide bonds. The Morgan fingerprint density at radius 2 is 2.27 bits per heavy atom. The Hall–Kier alpha value is -2.72. The van der Waals surface area contributed by atoms with Crippen molar-refractivity contribution in [1.29, 1.82) is 0 Å². The summed E-state index contributed by atoms with van der Waals surface area (Å²) in [6, 6.07) is 2.13. The average Bonchev–Trinajstić information content (AvgIpc) is 3.65. The summed E-state index contributed by atoms with van der Waals surface area (Å²) in [5, 5.41) is 19.2. The number of hydrogen-bond donors (Lipinski definition) is 4. The topological polar surface area (TPSA) is 140 Å². The van der Waals surface area contributed by atoms with E-state index in [4.69, 9.17) is 27.5 Å². The van der Waals surface area contributed by atoms with Crippen LogP contribution in [0.4, 0.5) is 15.4 Å². The maximum atomic E-state index is 12.4. The summed E-state index contributed by atoms with van der Waals surface area (Å²) in [6.45, 7) is 0.00597. The molecule has 3 saturated heterocycles. The SMILES string of the molecule is C#C[C@@]1(CO)CCC(n2ccc3c(NC(=O)OCCCCC[C@@H]4SC[C@@H]5NC(=O)N[C@@H]54)nc(Cl)nc32)O1. The van der Waals surface area contributed by atoms with Gasteiger partial charge < -0.3 is 29.8 Å². The van der Waals surface area contributed by atoms with Gasteiger partial charge in [-0.3, -0.25) is 5.32 Å². The van der Waals surface area contributed by atoms with Gasteiger partial charge in [0.25, 0.3) is 0 Å². The van der Waals surface area contributed by atoms with Gasteiger partial charge in [-0.25, -0.2) is 9.59 Å². The number of urea groups is 1. The van der Waals surface area contributed by atoms with Crippen molar-refractivity contribution in [3.8, 4) is 12.3 Å². The molecule has 3 fully saturated rings. The van der Waals surface area contributed by atoms with E-state index in [1.807, 2.05) is 11.8 Å². The molecule has 13 heteroatoms. The number of rotatable bonds is 9. The van der Waals surface area contributed by atoms with Gasteiger partial charge in [0.2, 0.25) is 5.28 Å². The van der Waals surface area contributed by atoms with Gasteiger partial charge in [-0.2, -0.15) is 21.7 Å². The molecule has 0 bridgehead atoms. The van der Waals surface area contributed by atoms with Crippen molar-refractivity contribution in [2.75, 3.05) is 24.3 Å². The first-order valence-electron chi connectivity index (χ1n) is 12.3. The highest BCUT2D eigenvalue weighted by atomic mass is 35.5. The Bertz CT molecular complexity index is 1220. The molecule has 1 unspecified atom stereocenters. The van der Waals surface area contributed by atoms with Gasteiger partial charge in [-0.15, -0.1) is 6.42 Å². The zero-order valence-corrected chi connectivity index (χ0v) is 21.7. The summed E-state index contributed by atoms with van der Waals surface area (Å²) >= 11 is 8.04. The third-order valence-corrected chi connectivity index (χ3v) is 8.73. The van der Waals surface area contributed by atoms with E-state index in [9.17, 15) is 14.7 Å². The van der Waals surface area contributed by atoms with Crippen LogP contribution in [0.15, 0.2) is 12.3 Å². The first-order valence-corrected chi connectivity index (χ1v) is 13.8. The first kappa shape index (κ1) is 25.9. The highest BCUT2D eigenvalue weighted by Crippen LogP contribution is 2.38. The smallest absolute Gasteiger partial charge is 0.412 e. The normalized spacial score (nSPS) is 28.5. The number of anilines is 1. The molecular weight excluding hydrogens is 520 g/mol. The summed E-state index contributed by atoms with van der Waals surface area (Å²) in [5.74, 6) is 3.72. The fraction of sp³-hybridized carbons (Fsp3) is 0.583. The quantitative estimate of drug-likeness (QED) is 0.162. The van der Waals surface area contributed by atoms with E-state index in [2.05, 4.69) is 31.8 Å². The maximum Gasteiger partial charge on any atom is 0.412 e. The molecule has 3 aliphatic heterocycles. The summed E-state index contributed by atoms with van der Waals surface area (Å²) in [7, 11) is 0. The largest absolute Gasteiger partial charge is 0.449 e. The molecule has 2 aromatic heterocycles. The van der Waals surface area contributed by atoms with Crippen LogP contribution < -0.4 is 16.0 Å². The monoisotopic (exact) mass is 548 g/mol. The van der Waals surface area contributed by atoms with Crippen molar-refractivity contribution in [3.05, 3.63) is 17.5 Å². The maximum absolute atomic E-state index is 12.4. The van der Waals surface area contributed by atoms with Crippen LogP contribution in [0.1, 0.15) is 44.8 Å². The molecule has 0 radical (unpaired) electrons. The third kappa shape index (κ3) is 5.45. The van der Waals surface area contributed by atoms with Crippen molar-refractivity contribution in [3.63, 3.8) is 0 Å². The molecule has 5 heterocycles. The lowest BCUT2D eigenvalue weighted by Crippen LogP contribution is -2.36. The van der Waals surface area contributed by atoms with Crippen LogP contribution in [0.3, 0.4) is 0 Å². The minimum absolute atomic E-state index is 0.0354. The predicted molar refractivity (Wildman–Crippen MR) is 139 cm³/mol. The van der Waals surface area contributed by atoms with Gasteiger partial charge in [0.05, 0.1) is 30.7 Å². The molecule has 198 valence electrons. The fourth-order valence-electron chi connectivity index (χ4n) is 5.10. The van der Waals surface area contributed by atoms with E-state index >= 15 is 0 Å². The van der Waals surface area contributed by atoms with Gasteiger partial charge in [0, 0.05) is 17.2 Å². The molecule has 37 heavy (non-hydrogen) atoms. The second-order valence-corrected chi connectivity index (χ2v) is 11.1. The van der Waals surface area contributed by atoms with Gasteiger partial charge >= 0.3 is 12.1 Å². The highest BCUT2D eigenvalue weighted by Gasteiger charge is 2.42. The molecule has 5 atom stereocenters. The van der Waals surface area contributed by atoms with Gasteiger partial charge in [0.15, 0.2) is 5.60 Å². The number of unbranched alkanes of at least 4 members (excludes halogenated alkanes) is 2. The van der Waals surface area contributed by atoms with E-state index < -0.39 is 17.9 Å². The number of hydrogen-bond acceptors (Lipinski definition) is 8. The Labute approximate surface area is 223 Å². The number of aromatic nitrogens is 3. The number of fused-ring (bicyclic) bond motifs is 2. The third-order valence-electron chi connectivity index (χ3n) is 7.05. The molecule has 11 nitrogen and oxygen atoms in total. The summed E-state index contributed by atoms with van der Waals surface area (Å²) in [5.41, 5.74) is -0.544. The minimum atomic E-state index is -1.02. The zero-order chi connectivity index (χ0) is 26.0. The van der Waals surface area contributed by atoms with Crippen LogP contribution in [0.25, 0.3) is 11.0 Å². The number of aliphatic hydroxyl groups excluding tert-OH is 1. The van der Waals surface area contributed by atoms with Gasteiger partial charge in [-0.1, -0.05) is 18.8 Å². The van der Waals surface area contributed by atoms with Crippen LogP contribution >= 0.6 is 23.4 Å². The molecule has 4 N–H and O–H groups in total. The molecule has 3 aliphatic rings. The summed E-state index contributed by atoms with van der Waals surface area (Å²) in [4.78, 5) is 32.4. The van der Waals surface area contributed by atoms with Crippen molar-refractivity contribution in [1.82, 2.24) is 25.2 Å². The number of thioether (sulfide) groups is 1. The molecule has 0 spiro atoms. The van der Waals surface area contributed by atoms with E-state index in [1.54, 1.807) is 16.8 Å². The second kappa shape index (κ2) is 10.9. The molecule has 5 rings (SSSR count). The Kier molecular flexibility index (Phi) is 7.67. The van der Waals surface area contributed by atoms with Crippen LogP contribution in [0.5, 0.6) is 0 Å². The Balaban J connectivity index is 1.10. The van der Waals surface area contributed by atoms with Crippen molar-refractivity contribution in [2.45, 2.75) is 67.7 Å². The Morgan fingerprint density at radius 1 is 1.41 bits per heavy atom. The van der Waals surface area contributed by atoms with Crippen molar-refractivity contribution in [2.24, 2.45) is 0 Å². The van der Waals surface area contributed by atoms with Gasteiger partial charge in [0.1, 0.15) is 17.7 Å². The van der Waals surface area contributed by atoms with E-state index in [1.165, 1.54) is 0 Å². The lowest BCUT2D eigenvalue weighted by Gasteiger charge is -2.21. The van der Waals surface area contributed by atoms with Crippen molar-refractivity contribution >= 4 is 52.3 Å². The lowest BCUT2D eigenvalue weighted by molar-refractivity contribution is -0.0615. The molecule has 2 aromatic rings. The molecule has 0 saturated carbocycles. The number of ether oxygens (including phenoxy) is 2. The van der Waals surface area contributed by atoms with E-state index in [-0.39, 0.29) is 42.4 Å². The van der Waals surface area contributed by atoms with Crippen molar-refractivity contribution < 1.29 is 24.2 Å². The molecular formula is C24H29ClN6O5S. The molecule has 0 aromatic carbocycles. The highest BCUT2D eigenvalue weighted by molar-refractivity contribution is 8.00. The van der Waals surface area contributed by atoms with Crippen LogP contribution in [0, 0.1) is 12.3 Å². The number of nitrogens with one attached hydrogen (secondary N) is 3. The summed E-state index contributed by atoms with van der Waals surface area (Å²) in [6.07, 6.45) is 11.0. The number of carbonyl (C=O) groups excluding carboxylic acids is 2. The average molecular weight is 549 g/mol. The second-order valence-electron chi connectivity index (χ2n) is 9.44. The van der Waals surface area contributed by atoms with Crippen LogP contribution in [-0.4, -0.2) is 73.7 Å². The zero-order valence-electron chi connectivity index (χ0n) is 20.1. The number of terminal acetylenes is 1. The van der Waals surface area contributed by atoms with E-state index in [0.29, 0.717) is 29.1 Å².